The molecule has 2 aromatic heterocycles. The molecule has 2 amide bonds. The molecule has 2 aliphatic rings. The molecule has 6 N–H and O–H groups in total. The molecule has 4 rings (SSSR count). The molecule has 2 aliphatic heterocycles. The minimum Gasteiger partial charge on any atom is -0.477 e. The second-order valence-electron chi connectivity index (χ2n) is 7.97. The molecule has 39 heavy (non-hydrogen) atoms. The number of carbonyl (C=O) groups is 3. The number of nitrogens with one attached hydrogen (secondary N) is 1. The van der Waals surface area contributed by atoms with E-state index in [1.165, 1.54) is 46.0 Å². The van der Waals surface area contributed by atoms with Gasteiger partial charge in [0.25, 0.3) is 5.91 Å². The summed E-state index contributed by atoms with van der Waals surface area (Å²) in [5.74, 6) is -1.24. The van der Waals surface area contributed by atoms with E-state index in [1.54, 1.807) is 10.1 Å². The molecule has 0 aliphatic carbocycles. The number of rotatable bonds is 10. The number of aliphatic carboxylic acids is 1. The normalized spacial score (nSPS) is 17.5. The molecule has 20 heteroatoms. The standard InChI is InChI=1S/C18H23N9O4S3.CH2N2.2ClH/c1-25(2)3-4-26-18(22-23-24-26)34-7-9-6-32-15-12(14(29)27(15)13(9)16(30)31)21-11(28)5-10-8-33-17(19)20-10;2-1-3;;/h8,12,15H,3-7H2,1-2H3,(H2,19,20)(H,21,28)(H,30,31);2H2;2*1H/t12-,15-;;;/m1.../s1. The number of thiazole rings is 1. The van der Waals surface area contributed by atoms with Gasteiger partial charge in [-0.2, -0.15) is 5.26 Å². The molecule has 0 aromatic carbocycles. The highest BCUT2D eigenvalue weighted by molar-refractivity contribution is 8.01. The Morgan fingerprint density at radius 1 is 1.38 bits per heavy atom. The van der Waals surface area contributed by atoms with Gasteiger partial charge in [-0.3, -0.25) is 14.5 Å². The van der Waals surface area contributed by atoms with Gasteiger partial charge in [-0.15, -0.1) is 53.0 Å². The van der Waals surface area contributed by atoms with Gasteiger partial charge in [0.2, 0.25) is 11.1 Å². The van der Waals surface area contributed by atoms with Gasteiger partial charge in [-0.25, -0.2) is 14.5 Å². The average Bonchev–Trinajstić information content (AvgIpc) is 3.47. The number of nitrogens with zero attached hydrogens (tertiary/aromatic N) is 8. The fraction of sp³-hybridized carbons (Fsp3) is 0.474. The number of nitriles is 1. The molecule has 0 bridgehead atoms. The van der Waals surface area contributed by atoms with E-state index in [-0.39, 0.29) is 42.8 Å². The first kappa shape index (κ1) is 34.2. The first-order valence-electron chi connectivity index (χ1n) is 10.7. The van der Waals surface area contributed by atoms with Crippen LogP contribution in [-0.4, -0.2) is 101 Å². The number of carboxylic acids is 1. The van der Waals surface area contributed by atoms with Crippen molar-refractivity contribution >= 4 is 82.6 Å². The van der Waals surface area contributed by atoms with Crippen molar-refractivity contribution < 1.29 is 19.5 Å². The number of hydrogen-bond acceptors (Lipinski definition) is 14. The quantitative estimate of drug-likeness (QED) is 0.113. The van der Waals surface area contributed by atoms with E-state index in [1.807, 2.05) is 19.0 Å². The van der Waals surface area contributed by atoms with Gasteiger partial charge in [0.1, 0.15) is 17.1 Å². The van der Waals surface area contributed by atoms with Crippen LogP contribution in [0.4, 0.5) is 5.13 Å². The van der Waals surface area contributed by atoms with E-state index in [9.17, 15) is 19.5 Å². The summed E-state index contributed by atoms with van der Waals surface area (Å²) >= 11 is 3.98. The fourth-order valence-corrected chi connectivity index (χ4v) is 6.42. The smallest absolute Gasteiger partial charge is 0.352 e. The van der Waals surface area contributed by atoms with E-state index in [2.05, 4.69) is 31.6 Å². The first-order valence-corrected chi connectivity index (χ1v) is 13.6. The number of fused-ring (bicyclic) bond motifs is 1. The Morgan fingerprint density at radius 2 is 2.08 bits per heavy atom. The van der Waals surface area contributed by atoms with Gasteiger partial charge in [-0.1, -0.05) is 11.8 Å². The van der Waals surface area contributed by atoms with Crippen molar-refractivity contribution in [1.29, 1.82) is 5.26 Å². The van der Waals surface area contributed by atoms with Crippen LogP contribution in [0.1, 0.15) is 5.69 Å². The van der Waals surface area contributed by atoms with Crippen molar-refractivity contribution in [2.24, 2.45) is 5.73 Å². The topological polar surface area (TPSA) is 222 Å². The van der Waals surface area contributed by atoms with Gasteiger partial charge in [0.05, 0.1) is 18.7 Å². The number of likely N-dealkylation sites (N-methyl/N-ethyl adjacent to an activating group) is 1. The van der Waals surface area contributed by atoms with E-state index in [0.29, 0.717) is 39.6 Å². The summed E-state index contributed by atoms with van der Waals surface area (Å²) in [5.41, 5.74) is 10.8. The van der Waals surface area contributed by atoms with Crippen LogP contribution in [0.25, 0.3) is 0 Å². The third kappa shape index (κ3) is 8.58. The van der Waals surface area contributed by atoms with E-state index in [4.69, 9.17) is 11.0 Å². The lowest BCUT2D eigenvalue weighted by molar-refractivity contribution is -0.150. The molecular weight excluding hydrogens is 613 g/mol. The molecule has 1 saturated heterocycles. The molecule has 4 heterocycles. The zero-order chi connectivity index (χ0) is 27.1. The van der Waals surface area contributed by atoms with Crippen molar-refractivity contribution in [3.05, 3.63) is 22.3 Å². The minimum absolute atomic E-state index is 0. The lowest BCUT2D eigenvalue weighted by Gasteiger charge is -2.49. The molecule has 0 spiro atoms. The van der Waals surface area contributed by atoms with Gasteiger partial charge in [-0.05, 0) is 30.1 Å². The molecule has 0 saturated carbocycles. The summed E-state index contributed by atoms with van der Waals surface area (Å²) in [6, 6.07) is -0.782. The van der Waals surface area contributed by atoms with Crippen molar-refractivity contribution in [2.45, 2.75) is 29.5 Å². The molecular formula is C19H27Cl2N11O4S3. The third-order valence-corrected chi connectivity index (χ3v) is 8.22. The monoisotopic (exact) mass is 639 g/mol. The maximum absolute atomic E-state index is 12.8. The number of carboxylic acid groups (broad SMARTS) is 1. The molecule has 15 nitrogen and oxygen atoms in total. The number of anilines is 1. The Hall–Kier alpha value is -2.82. The zero-order valence-corrected chi connectivity index (χ0v) is 24.8. The average molecular weight is 641 g/mol. The van der Waals surface area contributed by atoms with Crippen LogP contribution in [0, 0.1) is 11.5 Å². The number of nitrogens with two attached hydrogens (primary N) is 2. The largest absolute Gasteiger partial charge is 0.477 e. The lowest BCUT2D eigenvalue weighted by Crippen LogP contribution is -2.70. The van der Waals surface area contributed by atoms with E-state index < -0.39 is 23.3 Å². The SMILES string of the molecule is CN(C)CCn1nnnc1SCC1=C(C(=O)O)N2C(=O)[C@@H](NC(=O)Cc3csc(N)n3)[C@H]2SC1.Cl.Cl.N#CN. The van der Waals surface area contributed by atoms with Crippen LogP contribution < -0.4 is 16.8 Å². The summed E-state index contributed by atoms with van der Waals surface area (Å²) in [7, 11) is 3.90. The summed E-state index contributed by atoms with van der Waals surface area (Å²) in [6.07, 6.45) is 1.25. The highest BCUT2D eigenvalue weighted by atomic mass is 35.5. The predicted octanol–water partition coefficient (Wildman–Crippen LogP) is -0.383. The van der Waals surface area contributed by atoms with Gasteiger partial charge in [0.15, 0.2) is 11.3 Å². The number of carbonyl (C=O) groups excluding carboxylic acids is 2. The number of aromatic nitrogens is 5. The number of hydrogen-bond donors (Lipinski definition) is 4. The highest BCUT2D eigenvalue weighted by Gasteiger charge is 2.54. The number of halogens is 2. The molecule has 0 radical (unpaired) electrons. The number of tetrazole rings is 1. The second kappa shape index (κ2) is 15.7. The van der Waals surface area contributed by atoms with Gasteiger partial charge >= 0.3 is 5.97 Å². The summed E-state index contributed by atoms with van der Waals surface area (Å²) in [4.78, 5) is 44.5. The molecule has 1 fully saturated rings. The van der Waals surface area contributed by atoms with Crippen LogP contribution in [-0.2, 0) is 27.3 Å². The van der Waals surface area contributed by atoms with Crippen LogP contribution in [0.5, 0.6) is 0 Å². The van der Waals surface area contributed by atoms with Crippen molar-refractivity contribution in [3.63, 3.8) is 0 Å². The summed E-state index contributed by atoms with van der Waals surface area (Å²) in [6.45, 7) is 1.36. The number of β-lactam (4-membered cyclic amide) rings is 1. The highest BCUT2D eigenvalue weighted by Crippen LogP contribution is 2.41. The number of amides is 2. The minimum atomic E-state index is -1.18. The molecule has 0 unspecified atom stereocenters. The van der Waals surface area contributed by atoms with Crippen molar-refractivity contribution in [2.75, 3.05) is 37.9 Å². The second-order valence-corrected chi connectivity index (χ2v) is 10.9. The maximum Gasteiger partial charge on any atom is 0.352 e. The van der Waals surface area contributed by atoms with Crippen LogP contribution in [0.3, 0.4) is 0 Å². The predicted molar refractivity (Wildman–Crippen MR) is 151 cm³/mol. The fourth-order valence-electron chi connectivity index (χ4n) is 3.47. The van der Waals surface area contributed by atoms with Crippen LogP contribution >= 0.6 is 59.7 Å². The Bertz CT molecular complexity index is 1230. The number of thioether (sulfide) groups is 2. The van der Waals surface area contributed by atoms with Crippen molar-refractivity contribution in [3.8, 4) is 6.19 Å². The van der Waals surface area contributed by atoms with E-state index >= 15 is 0 Å². The lowest BCUT2D eigenvalue weighted by atomic mass is 10.0. The Balaban J connectivity index is 0.00000145. The maximum atomic E-state index is 12.8. The Kier molecular flexibility index (Phi) is 13.8. The van der Waals surface area contributed by atoms with E-state index in [0.717, 1.165) is 6.54 Å². The Labute approximate surface area is 248 Å². The van der Waals surface area contributed by atoms with Crippen molar-refractivity contribution in [1.82, 2.24) is 40.3 Å². The summed E-state index contributed by atoms with van der Waals surface area (Å²) < 4.78 is 1.67. The van der Waals surface area contributed by atoms with Gasteiger partial charge < -0.3 is 26.8 Å². The van der Waals surface area contributed by atoms with Gasteiger partial charge in [0, 0.05) is 23.4 Å². The van der Waals surface area contributed by atoms with Crippen LogP contribution in [0.15, 0.2) is 21.8 Å². The third-order valence-electron chi connectivity index (χ3n) is 5.11. The molecule has 2 atom stereocenters. The Morgan fingerprint density at radius 3 is 2.67 bits per heavy atom. The molecule has 214 valence electrons. The zero-order valence-electron chi connectivity index (χ0n) is 20.7. The molecule has 2 aromatic rings. The first-order chi connectivity index (χ1) is 17.7. The number of nitrogen functional groups attached to an aromatic ring is 1. The summed E-state index contributed by atoms with van der Waals surface area (Å²) in [5, 5.41) is 33.5. The van der Waals surface area contributed by atoms with Crippen LogP contribution in [0.2, 0.25) is 0 Å².